The van der Waals surface area contributed by atoms with Gasteiger partial charge in [0.05, 0.1) is 11.5 Å². The molecule has 0 aliphatic carbocycles. The summed E-state index contributed by atoms with van der Waals surface area (Å²) in [5.74, 6) is 1.57. The first-order valence-electron chi connectivity index (χ1n) is 7.68. The maximum atomic E-state index is 11.6. The van der Waals surface area contributed by atoms with E-state index in [4.69, 9.17) is 11.6 Å². The van der Waals surface area contributed by atoms with E-state index in [1.165, 1.54) is 0 Å². The molecule has 1 aromatic heterocycles. The molecule has 0 spiro atoms. The molecule has 1 aliphatic rings. The third-order valence-electron chi connectivity index (χ3n) is 4.13. The fraction of sp³-hybridized carbons (Fsp3) is 0.375. The minimum atomic E-state index is -2.94. The van der Waals surface area contributed by atoms with E-state index < -0.39 is 9.84 Å². The van der Waals surface area contributed by atoms with Crippen LogP contribution in [0.15, 0.2) is 36.5 Å². The topological polar surface area (TPSA) is 75.2 Å². The maximum Gasteiger partial charge on any atom is 0.227 e. The van der Waals surface area contributed by atoms with Gasteiger partial charge in [-0.2, -0.15) is 4.98 Å². The molecule has 8 heteroatoms. The highest BCUT2D eigenvalue weighted by molar-refractivity contribution is 7.91. The zero-order valence-corrected chi connectivity index (χ0v) is 14.9. The Morgan fingerprint density at radius 3 is 2.83 bits per heavy atom. The second-order valence-corrected chi connectivity index (χ2v) is 8.49. The summed E-state index contributed by atoms with van der Waals surface area (Å²) in [7, 11) is -1.11. The molecule has 6 nitrogen and oxygen atoms in total. The van der Waals surface area contributed by atoms with Crippen molar-refractivity contribution in [3.63, 3.8) is 0 Å². The molecule has 0 saturated carbocycles. The van der Waals surface area contributed by atoms with E-state index in [-0.39, 0.29) is 17.5 Å². The smallest absolute Gasteiger partial charge is 0.227 e. The molecule has 1 aromatic carbocycles. The molecule has 1 N–H and O–H groups in total. The van der Waals surface area contributed by atoms with E-state index in [9.17, 15) is 8.42 Å². The largest absolute Gasteiger partial charge is 0.366 e. The van der Waals surface area contributed by atoms with Crippen LogP contribution >= 0.6 is 11.6 Å². The zero-order valence-electron chi connectivity index (χ0n) is 13.3. The van der Waals surface area contributed by atoms with Crippen molar-refractivity contribution in [1.82, 2.24) is 9.97 Å². The fourth-order valence-electron chi connectivity index (χ4n) is 2.69. The maximum absolute atomic E-state index is 11.6. The van der Waals surface area contributed by atoms with Crippen LogP contribution in [0.25, 0.3) is 0 Å². The molecule has 2 heterocycles. The van der Waals surface area contributed by atoms with Crippen LogP contribution in [0, 0.1) is 0 Å². The van der Waals surface area contributed by atoms with Crippen LogP contribution < -0.4 is 10.2 Å². The lowest BCUT2D eigenvalue weighted by atomic mass is 10.2. The molecule has 1 atom stereocenters. The van der Waals surface area contributed by atoms with Gasteiger partial charge in [0.15, 0.2) is 9.84 Å². The summed E-state index contributed by atoms with van der Waals surface area (Å²) in [6.45, 7) is 0.553. The van der Waals surface area contributed by atoms with Gasteiger partial charge in [0.1, 0.15) is 5.82 Å². The van der Waals surface area contributed by atoms with Crippen LogP contribution in [-0.4, -0.2) is 43.0 Å². The number of hydrogen-bond acceptors (Lipinski definition) is 6. The normalized spacial score (nSPS) is 19.2. The Kier molecular flexibility index (Phi) is 4.91. The molecule has 1 unspecified atom stereocenters. The van der Waals surface area contributed by atoms with Gasteiger partial charge in [-0.25, -0.2) is 13.4 Å². The zero-order chi connectivity index (χ0) is 17.2. The molecule has 24 heavy (non-hydrogen) atoms. The first-order chi connectivity index (χ1) is 11.4. The second kappa shape index (κ2) is 6.94. The van der Waals surface area contributed by atoms with E-state index in [1.807, 2.05) is 36.2 Å². The number of nitrogens with one attached hydrogen (secondary N) is 1. The Balaban J connectivity index is 1.69. The van der Waals surface area contributed by atoms with Crippen molar-refractivity contribution >= 4 is 33.2 Å². The van der Waals surface area contributed by atoms with Crippen LogP contribution in [0.4, 0.5) is 11.8 Å². The number of nitrogens with zero attached hydrogens (tertiary/aromatic N) is 3. The second-order valence-electron chi connectivity index (χ2n) is 5.85. The van der Waals surface area contributed by atoms with Crippen molar-refractivity contribution in [3.8, 4) is 0 Å². The summed E-state index contributed by atoms with van der Waals surface area (Å²) in [6.07, 6.45) is 2.27. The molecular weight excluding hydrogens is 348 g/mol. The molecule has 0 amide bonds. The minimum absolute atomic E-state index is 0.0752. The lowest BCUT2D eigenvalue weighted by Gasteiger charge is -2.23. The Labute approximate surface area is 146 Å². The lowest BCUT2D eigenvalue weighted by Crippen LogP contribution is -2.33. The summed E-state index contributed by atoms with van der Waals surface area (Å²) in [5, 5.41) is 3.92. The highest BCUT2D eigenvalue weighted by atomic mass is 35.5. The van der Waals surface area contributed by atoms with Crippen LogP contribution in [0.1, 0.15) is 12.0 Å². The Hall–Kier alpha value is -1.86. The van der Waals surface area contributed by atoms with Gasteiger partial charge in [0, 0.05) is 30.9 Å². The Bertz CT molecular complexity index is 828. The van der Waals surface area contributed by atoms with Gasteiger partial charge in [-0.05, 0) is 24.1 Å². The Morgan fingerprint density at radius 2 is 2.12 bits per heavy atom. The van der Waals surface area contributed by atoms with Crippen molar-refractivity contribution < 1.29 is 8.42 Å². The van der Waals surface area contributed by atoms with Crippen molar-refractivity contribution in [2.75, 3.05) is 28.8 Å². The number of sulfone groups is 1. The van der Waals surface area contributed by atoms with Gasteiger partial charge in [-0.1, -0.05) is 29.8 Å². The lowest BCUT2D eigenvalue weighted by molar-refractivity contribution is 0.600. The number of halogens is 1. The Morgan fingerprint density at radius 1 is 1.33 bits per heavy atom. The summed E-state index contributed by atoms with van der Waals surface area (Å²) in [4.78, 5) is 10.6. The molecule has 1 saturated heterocycles. The van der Waals surface area contributed by atoms with E-state index in [2.05, 4.69) is 15.3 Å². The van der Waals surface area contributed by atoms with Crippen LogP contribution in [-0.2, 0) is 16.4 Å². The fourth-order valence-corrected chi connectivity index (χ4v) is 4.67. The average Bonchev–Trinajstić information content (AvgIpc) is 2.94. The van der Waals surface area contributed by atoms with Crippen molar-refractivity contribution in [1.29, 1.82) is 0 Å². The van der Waals surface area contributed by atoms with Crippen molar-refractivity contribution in [3.05, 3.63) is 47.1 Å². The van der Waals surface area contributed by atoms with Gasteiger partial charge in [-0.3, -0.25) is 0 Å². The molecule has 3 rings (SSSR count). The van der Waals surface area contributed by atoms with Crippen molar-refractivity contribution in [2.24, 2.45) is 0 Å². The third-order valence-corrected chi connectivity index (χ3v) is 6.25. The van der Waals surface area contributed by atoms with Gasteiger partial charge in [0.2, 0.25) is 5.95 Å². The van der Waals surface area contributed by atoms with Gasteiger partial charge in [0.25, 0.3) is 0 Å². The standard InChI is InChI=1S/C16H19ClN4O2S/c1-21(13-7-9-24(22,23)11-13)16-18-8-6-15(20-16)19-10-12-4-2-3-5-14(12)17/h2-6,8,13H,7,9-11H2,1H3,(H,18,19,20). The SMILES string of the molecule is CN(c1nccc(NCc2ccccc2Cl)n1)C1CCS(=O)(=O)C1. The van der Waals surface area contributed by atoms with Crippen LogP contribution in [0.2, 0.25) is 5.02 Å². The van der Waals surface area contributed by atoms with E-state index in [1.54, 1.807) is 12.3 Å². The van der Waals surface area contributed by atoms with Gasteiger partial charge >= 0.3 is 0 Å². The summed E-state index contributed by atoms with van der Waals surface area (Å²) >= 11 is 6.15. The van der Waals surface area contributed by atoms with E-state index in [0.717, 1.165) is 5.56 Å². The summed E-state index contributed by atoms with van der Waals surface area (Å²) < 4.78 is 23.3. The molecule has 1 aliphatic heterocycles. The average molecular weight is 367 g/mol. The minimum Gasteiger partial charge on any atom is -0.366 e. The van der Waals surface area contributed by atoms with Gasteiger partial charge in [-0.15, -0.1) is 0 Å². The van der Waals surface area contributed by atoms with E-state index >= 15 is 0 Å². The number of hydrogen-bond donors (Lipinski definition) is 1. The number of anilines is 2. The predicted octanol–water partition coefficient (Wildman–Crippen LogP) is 2.37. The van der Waals surface area contributed by atoms with Crippen LogP contribution in [0.5, 0.6) is 0 Å². The molecular formula is C16H19ClN4O2S. The van der Waals surface area contributed by atoms with Crippen LogP contribution in [0.3, 0.4) is 0 Å². The third kappa shape index (κ3) is 3.96. The monoisotopic (exact) mass is 366 g/mol. The molecule has 0 bridgehead atoms. The quantitative estimate of drug-likeness (QED) is 0.875. The summed E-state index contributed by atoms with van der Waals surface area (Å²) in [5.41, 5.74) is 0.981. The first kappa shape index (κ1) is 17.0. The molecule has 2 aromatic rings. The molecule has 1 fully saturated rings. The van der Waals surface area contributed by atoms with E-state index in [0.29, 0.717) is 29.8 Å². The number of rotatable bonds is 5. The molecule has 128 valence electrons. The predicted molar refractivity (Wildman–Crippen MR) is 96.3 cm³/mol. The molecule has 0 radical (unpaired) electrons. The van der Waals surface area contributed by atoms with Gasteiger partial charge < -0.3 is 10.2 Å². The summed E-state index contributed by atoms with van der Waals surface area (Å²) in [6, 6.07) is 9.32. The highest BCUT2D eigenvalue weighted by Crippen LogP contribution is 2.21. The number of aromatic nitrogens is 2. The highest BCUT2D eigenvalue weighted by Gasteiger charge is 2.31. The first-order valence-corrected chi connectivity index (χ1v) is 9.88. The number of benzene rings is 1. The van der Waals surface area contributed by atoms with Crippen molar-refractivity contribution in [2.45, 2.75) is 19.0 Å².